The van der Waals surface area contributed by atoms with Gasteiger partial charge < -0.3 is 15.2 Å². The normalized spacial score (nSPS) is 12.4. The second-order valence-electron chi connectivity index (χ2n) is 5.33. The number of hydrogen-bond donors (Lipinski definition) is 3. The number of hydrogen-bond acceptors (Lipinski definition) is 5. The Morgan fingerprint density at radius 2 is 2.05 bits per heavy atom. The summed E-state index contributed by atoms with van der Waals surface area (Å²) in [5, 5.41) is 19.5. The van der Waals surface area contributed by atoms with Crippen molar-refractivity contribution in [3.8, 4) is 17.0 Å². The molecule has 0 aliphatic rings. The van der Waals surface area contributed by atoms with Crippen LogP contribution in [0.5, 0.6) is 5.75 Å². The molecule has 6 heteroatoms. The predicted molar refractivity (Wildman–Crippen MR) is 84.9 cm³/mol. The number of para-hydroxylation sites is 1. The number of H-pyrrole nitrogens is 1. The van der Waals surface area contributed by atoms with E-state index < -0.39 is 6.10 Å². The fourth-order valence-corrected chi connectivity index (χ4v) is 1.92. The maximum absolute atomic E-state index is 11.1. The molecule has 0 spiro atoms. The second-order valence-corrected chi connectivity index (χ2v) is 5.33. The number of aliphatic hydroxyl groups is 1. The highest BCUT2D eigenvalue weighted by molar-refractivity contribution is 5.66. The van der Waals surface area contributed by atoms with E-state index in [0.717, 1.165) is 5.56 Å². The highest BCUT2D eigenvalue weighted by Gasteiger charge is 2.10. The monoisotopic (exact) mass is 303 g/mol. The van der Waals surface area contributed by atoms with Crippen molar-refractivity contribution in [1.82, 2.24) is 15.5 Å². The van der Waals surface area contributed by atoms with E-state index in [1.165, 1.54) is 6.07 Å². The first-order chi connectivity index (χ1) is 10.6. The van der Waals surface area contributed by atoms with Gasteiger partial charge in [-0.1, -0.05) is 26.0 Å². The van der Waals surface area contributed by atoms with Crippen LogP contribution >= 0.6 is 0 Å². The number of benzene rings is 1. The summed E-state index contributed by atoms with van der Waals surface area (Å²) in [5.74, 6) is 0.616. The number of ether oxygens (including phenoxy) is 1. The van der Waals surface area contributed by atoms with Crippen molar-refractivity contribution in [1.29, 1.82) is 0 Å². The molecule has 1 atom stereocenters. The van der Waals surface area contributed by atoms with Gasteiger partial charge >= 0.3 is 0 Å². The van der Waals surface area contributed by atoms with Gasteiger partial charge in [-0.25, -0.2) is 5.10 Å². The molecule has 1 aromatic carbocycles. The summed E-state index contributed by atoms with van der Waals surface area (Å²) in [6.07, 6.45) is -0.598. The minimum atomic E-state index is -0.598. The largest absolute Gasteiger partial charge is 0.490 e. The Morgan fingerprint density at radius 1 is 1.27 bits per heavy atom. The Kier molecular flexibility index (Phi) is 5.68. The van der Waals surface area contributed by atoms with Gasteiger partial charge in [0, 0.05) is 24.2 Å². The average Bonchev–Trinajstić information content (AvgIpc) is 2.52. The Hall–Kier alpha value is -2.18. The molecule has 0 saturated carbocycles. The first kappa shape index (κ1) is 16.2. The summed E-state index contributed by atoms with van der Waals surface area (Å²) in [5.41, 5.74) is 1.13. The minimum absolute atomic E-state index is 0.181. The van der Waals surface area contributed by atoms with E-state index in [2.05, 4.69) is 15.5 Å². The molecule has 0 aliphatic heterocycles. The lowest BCUT2D eigenvalue weighted by molar-refractivity contribution is 0.105. The molecule has 118 valence electrons. The van der Waals surface area contributed by atoms with Gasteiger partial charge in [0.25, 0.3) is 5.56 Å². The smallest absolute Gasteiger partial charge is 0.264 e. The lowest BCUT2D eigenvalue weighted by atomic mass is 10.1. The molecule has 0 aliphatic carbocycles. The number of rotatable bonds is 7. The van der Waals surface area contributed by atoms with Crippen LogP contribution in [0.4, 0.5) is 0 Å². The van der Waals surface area contributed by atoms with Crippen LogP contribution in [-0.4, -0.2) is 40.6 Å². The van der Waals surface area contributed by atoms with Crippen molar-refractivity contribution >= 4 is 0 Å². The first-order valence-corrected chi connectivity index (χ1v) is 7.25. The van der Waals surface area contributed by atoms with E-state index in [4.69, 9.17) is 4.74 Å². The van der Waals surface area contributed by atoms with E-state index in [1.807, 2.05) is 38.1 Å². The topological polar surface area (TPSA) is 87.2 Å². The number of aromatic amines is 1. The van der Waals surface area contributed by atoms with Crippen LogP contribution in [-0.2, 0) is 0 Å². The third-order valence-corrected chi connectivity index (χ3v) is 3.04. The van der Waals surface area contributed by atoms with Crippen molar-refractivity contribution in [2.75, 3.05) is 13.2 Å². The van der Waals surface area contributed by atoms with Gasteiger partial charge in [0.05, 0.1) is 5.69 Å². The number of aliphatic hydroxyl groups excluding tert-OH is 1. The number of aromatic nitrogens is 2. The molecule has 1 heterocycles. The number of nitrogens with one attached hydrogen (secondary N) is 2. The Bertz CT molecular complexity index is 635. The van der Waals surface area contributed by atoms with Gasteiger partial charge in [0.1, 0.15) is 18.5 Å². The molecule has 3 N–H and O–H groups in total. The Labute approximate surface area is 129 Å². The van der Waals surface area contributed by atoms with E-state index in [9.17, 15) is 9.90 Å². The highest BCUT2D eigenvalue weighted by Crippen LogP contribution is 2.27. The maximum atomic E-state index is 11.1. The van der Waals surface area contributed by atoms with Crippen LogP contribution in [0, 0.1) is 0 Å². The quantitative estimate of drug-likeness (QED) is 0.715. The van der Waals surface area contributed by atoms with Crippen LogP contribution in [0.2, 0.25) is 0 Å². The van der Waals surface area contributed by atoms with Gasteiger partial charge in [-0.2, -0.15) is 5.10 Å². The first-order valence-electron chi connectivity index (χ1n) is 7.25. The van der Waals surface area contributed by atoms with E-state index in [-0.39, 0.29) is 12.2 Å². The van der Waals surface area contributed by atoms with E-state index in [1.54, 1.807) is 6.07 Å². The van der Waals surface area contributed by atoms with Crippen molar-refractivity contribution in [2.24, 2.45) is 0 Å². The Morgan fingerprint density at radius 3 is 2.73 bits per heavy atom. The van der Waals surface area contributed by atoms with Crippen LogP contribution in [0.25, 0.3) is 11.3 Å². The third kappa shape index (κ3) is 4.68. The van der Waals surface area contributed by atoms with Crippen LogP contribution in [0.15, 0.2) is 41.2 Å². The van der Waals surface area contributed by atoms with Gasteiger partial charge in [0.15, 0.2) is 0 Å². The molecule has 1 unspecified atom stereocenters. The number of nitrogens with zero attached hydrogens (tertiary/aromatic N) is 1. The highest BCUT2D eigenvalue weighted by atomic mass is 16.5. The third-order valence-electron chi connectivity index (χ3n) is 3.04. The summed E-state index contributed by atoms with van der Waals surface area (Å²) >= 11 is 0. The molecule has 6 nitrogen and oxygen atoms in total. The maximum Gasteiger partial charge on any atom is 0.264 e. The van der Waals surface area contributed by atoms with Crippen LogP contribution in [0.3, 0.4) is 0 Å². The van der Waals surface area contributed by atoms with Gasteiger partial charge in [-0.05, 0) is 18.2 Å². The molecule has 0 saturated heterocycles. The second kappa shape index (κ2) is 7.72. The van der Waals surface area contributed by atoms with E-state index in [0.29, 0.717) is 24.0 Å². The standard InChI is InChI=1S/C16H21N3O3/c1-11(2)17-9-12(20)10-22-15-6-4-3-5-13(15)14-7-8-16(21)19-18-14/h3-8,11-12,17,20H,9-10H2,1-2H3,(H,19,21). The summed E-state index contributed by atoms with van der Waals surface area (Å²) in [7, 11) is 0. The molecule has 0 radical (unpaired) electrons. The fraction of sp³-hybridized carbons (Fsp3) is 0.375. The summed E-state index contributed by atoms with van der Waals surface area (Å²) < 4.78 is 5.69. The molecule has 22 heavy (non-hydrogen) atoms. The predicted octanol–water partition coefficient (Wildman–Crippen LogP) is 1.17. The van der Waals surface area contributed by atoms with Gasteiger partial charge in [-0.15, -0.1) is 0 Å². The van der Waals surface area contributed by atoms with Gasteiger partial charge in [0.2, 0.25) is 0 Å². The molecular weight excluding hydrogens is 282 g/mol. The summed E-state index contributed by atoms with van der Waals surface area (Å²) in [6, 6.07) is 10.7. The van der Waals surface area contributed by atoms with E-state index >= 15 is 0 Å². The minimum Gasteiger partial charge on any atom is -0.490 e. The van der Waals surface area contributed by atoms with Crippen molar-refractivity contribution in [2.45, 2.75) is 26.0 Å². The average molecular weight is 303 g/mol. The lowest BCUT2D eigenvalue weighted by Crippen LogP contribution is -2.35. The molecule has 0 fully saturated rings. The molecule has 1 aromatic heterocycles. The molecule has 0 amide bonds. The molecule has 2 rings (SSSR count). The van der Waals surface area contributed by atoms with Crippen molar-refractivity contribution in [3.63, 3.8) is 0 Å². The zero-order chi connectivity index (χ0) is 15.9. The fourth-order valence-electron chi connectivity index (χ4n) is 1.92. The SMILES string of the molecule is CC(C)NCC(O)COc1ccccc1-c1ccc(=O)[nH]n1. The summed E-state index contributed by atoms with van der Waals surface area (Å²) in [4.78, 5) is 11.1. The van der Waals surface area contributed by atoms with Gasteiger partial charge in [-0.3, -0.25) is 4.79 Å². The molecular formula is C16H21N3O3. The lowest BCUT2D eigenvalue weighted by Gasteiger charge is -2.16. The zero-order valence-electron chi connectivity index (χ0n) is 12.7. The van der Waals surface area contributed by atoms with Crippen molar-refractivity contribution < 1.29 is 9.84 Å². The van der Waals surface area contributed by atoms with Crippen molar-refractivity contribution in [3.05, 3.63) is 46.8 Å². The van der Waals surface area contributed by atoms with Crippen LogP contribution in [0.1, 0.15) is 13.8 Å². The zero-order valence-corrected chi connectivity index (χ0v) is 12.7. The van der Waals surface area contributed by atoms with Crippen LogP contribution < -0.4 is 15.6 Å². The summed E-state index contributed by atoms with van der Waals surface area (Å²) in [6.45, 7) is 4.69. The Balaban J connectivity index is 2.05. The molecule has 0 bridgehead atoms. The molecule has 2 aromatic rings.